The van der Waals surface area contributed by atoms with Gasteiger partial charge in [0.2, 0.25) is 0 Å². The lowest BCUT2D eigenvalue weighted by Gasteiger charge is -2.47. The smallest absolute Gasteiger partial charge is 0.191 e. The number of likely N-dealkylation sites (tertiary alicyclic amines) is 1. The maximum absolute atomic E-state index is 14.0. The minimum Gasteiger partial charge on any atom is -0.494 e. The van der Waals surface area contributed by atoms with Crippen molar-refractivity contribution in [2.45, 2.75) is 38.4 Å². The summed E-state index contributed by atoms with van der Waals surface area (Å²) >= 11 is 0. The quantitative estimate of drug-likeness (QED) is 0.501. The Kier molecular flexibility index (Phi) is 7.63. The van der Waals surface area contributed by atoms with Crippen LogP contribution in [0.15, 0.2) is 23.2 Å². The van der Waals surface area contributed by atoms with Gasteiger partial charge in [-0.05, 0) is 37.5 Å². The Morgan fingerprint density at radius 3 is 2.55 bits per heavy atom. The standard InChI is InChI=1S/C23H37FN6O/c1-3-25-23(26-15-20-17-29-10-12-30(20)13-11-29)27-19-6-8-28(9-7-19)16-18-4-5-22(31-2)21(24)14-18/h4-5,14,19-20H,3,6-13,15-17H2,1-2H3,(H2,25,26,27). The SMILES string of the molecule is CCNC(=NCC1CN2CCN1CC2)NC1CCN(Cc2ccc(OC)c(F)c2)CC1. The van der Waals surface area contributed by atoms with Crippen LogP contribution in [0.2, 0.25) is 0 Å². The third-order valence-corrected chi connectivity index (χ3v) is 6.75. The average Bonchev–Trinajstić information content (AvgIpc) is 2.80. The number of nitrogens with one attached hydrogen (secondary N) is 2. The lowest BCUT2D eigenvalue weighted by atomic mass is 10.0. The molecule has 0 spiro atoms. The van der Waals surface area contributed by atoms with Crippen LogP contribution in [0, 0.1) is 5.82 Å². The van der Waals surface area contributed by atoms with Gasteiger partial charge in [0.05, 0.1) is 13.7 Å². The summed E-state index contributed by atoms with van der Waals surface area (Å²) in [5.74, 6) is 0.954. The minimum absolute atomic E-state index is 0.289. The highest BCUT2D eigenvalue weighted by Crippen LogP contribution is 2.20. The zero-order valence-corrected chi connectivity index (χ0v) is 18.9. The molecule has 172 valence electrons. The number of halogens is 1. The lowest BCUT2D eigenvalue weighted by molar-refractivity contribution is 0.0174. The van der Waals surface area contributed by atoms with E-state index in [1.165, 1.54) is 33.3 Å². The summed E-state index contributed by atoms with van der Waals surface area (Å²) in [6.07, 6.45) is 2.12. The maximum Gasteiger partial charge on any atom is 0.191 e. The summed E-state index contributed by atoms with van der Waals surface area (Å²) in [5, 5.41) is 7.07. The molecule has 8 heteroatoms. The number of piperazine rings is 3. The van der Waals surface area contributed by atoms with Crippen molar-refractivity contribution in [3.8, 4) is 5.75 Å². The number of benzene rings is 1. The Balaban J connectivity index is 1.25. The van der Waals surface area contributed by atoms with E-state index in [2.05, 4.69) is 32.3 Å². The summed E-state index contributed by atoms with van der Waals surface area (Å²) in [4.78, 5) is 12.5. The molecule has 0 radical (unpaired) electrons. The molecule has 4 saturated heterocycles. The van der Waals surface area contributed by atoms with Gasteiger partial charge >= 0.3 is 0 Å². The third kappa shape index (κ3) is 5.87. The topological polar surface area (TPSA) is 55.4 Å². The number of rotatable bonds is 7. The number of fused-ring (bicyclic) bond motifs is 3. The highest BCUT2D eigenvalue weighted by molar-refractivity contribution is 5.80. The van der Waals surface area contributed by atoms with Crippen molar-refractivity contribution in [1.82, 2.24) is 25.3 Å². The normalized spacial score (nSPS) is 27.3. The van der Waals surface area contributed by atoms with Crippen LogP contribution in [-0.4, -0.2) is 98.8 Å². The summed E-state index contributed by atoms with van der Waals surface area (Å²) in [6, 6.07) is 6.22. The van der Waals surface area contributed by atoms with Crippen LogP contribution in [0.4, 0.5) is 4.39 Å². The Labute approximate surface area is 185 Å². The molecule has 31 heavy (non-hydrogen) atoms. The fraction of sp³-hybridized carbons (Fsp3) is 0.696. The Hall–Kier alpha value is -1.90. The molecule has 0 amide bonds. The molecule has 4 aliphatic heterocycles. The van der Waals surface area contributed by atoms with E-state index in [-0.39, 0.29) is 5.82 Å². The van der Waals surface area contributed by atoms with Crippen LogP contribution in [-0.2, 0) is 6.54 Å². The highest BCUT2D eigenvalue weighted by atomic mass is 19.1. The molecule has 5 rings (SSSR count). The van der Waals surface area contributed by atoms with Crippen LogP contribution in [0.1, 0.15) is 25.3 Å². The van der Waals surface area contributed by atoms with Crippen LogP contribution >= 0.6 is 0 Å². The number of hydrogen-bond donors (Lipinski definition) is 2. The Morgan fingerprint density at radius 2 is 1.94 bits per heavy atom. The van der Waals surface area contributed by atoms with Crippen molar-refractivity contribution in [3.63, 3.8) is 0 Å². The van der Waals surface area contributed by atoms with Crippen molar-refractivity contribution in [2.75, 3.05) is 66.0 Å². The van der Waals surface area contributed by atoms with Gasteiger partial charge < -0.3 is 15.4 Å². The molecule has 1 atom stereocenters. The number of aliphatic imine (C=N–C) groups is 1. The highest BCUT2D eigenvalue weighted by Gasteiger charge is 2.31. The van der Waals surface area contributed by atoms with Crippen molar-refractivity contribution < 1.29 is 9.13 Å². The predicted octanol–water partition coefficient (Wildman–Crippen LogP) is 1.35. The molecule has 0 aromatic heterocycles. The molecule has 0 saturated carbocycles. The fourth-order valence-corrected chi connectivity index (χ4v) is 4.91. The number of guanidine groups is 1. The number of piperidine rings is 1. The maximum atomic E-state index is 14.0. The van der Waals surface area contributed by atoms with Crippen molar-refractivity contribution in [3.05, 3.63) is 29.6 Å². The van der Waals surface area contributed by atoms with Gasteiger partial charge in [-0.25, -0.2) is 4.39 Å². The molecule has 7 nitrogen and oxygen atoms in total. The number of ether oxygens (including phenoxy) is 1. The fourth-order valence-electron chi connectivity index (χ4n) is 4.91. The van der Waals surface area contributed by atoms with Crippen molar-refractivity contribution in [1.29, 1.82) is 0 Å². The zero-order chi connectivity index (χ0) is 21.6. The van der Waals surface area contributed by atoms with Crippen LogP contribution in [0.25, 0.3) is 0 Å². The molecular weight excluding hydrogens is 395 g/mol. The average molecular weight is 433 g/mol. The second-order valence-corrected chi connectivity index (χ2v) is 8.87. The van der Waals surface area contributed by atoms with Gasteiger partial charge in [0, 0.05) is 71.0 Å². The van der Waals surface area contributed by atoms with Crippen LogP contribution in [0.3, 0.4) is 0 Å². The molecular formula is C23H37FN6O. The van der Waals surface area contributed by atoms with Gasteiger partial charge in [0.15, 0.2) is 17.5 Å². The second kappa shape index (κ2) is 10.6. The number of methoxy groups -OCH3 is 1. The van der Waals surface area contributed by atoms with Gasteiger partial charge in [-0.15, -0.1) is 0 Å². The second-order valence-electron chi connectivity index (χ2n) is 8.87. The summed E-state index contributed by atoms with van der Waals surface area (Å²) < 4.78 is 19.0. The molecule has 1 aromatic carbocycles. The van der Waals surface area contributed by atoms with Crippen LogP contribution < -0.4 is 15.4 Å². The van der Waals surface area contributed by atoms with Gasteiger partial charge in [-0.1, -0.05) is 6.07 Å². The first-order valence-corrected chi connectivity index (χ1v) is 11.7. The predicted molar refractivity (Wildman–Crippen MR) is 122 cm³/mol. The molecule has 4 aliphatic rings. The molecule has 1 unspecified atom stereocenters. The van der Waals surface area contributed by atoms with Crippen molar-refractivity contribution in [2.24, 2.45) is 4.99 Å². The van der Waals surface area contributed by atoms with Gasteiger partial charge in [-0.3, -0.25) is 19.7 Å². The van der Waals surface area contributed by atoms with E-state index in [1.54, 1.807) is 12.1 Å². The van der Waals surface area contributed by atoms with E-state index in [0.717, 1.165) is 63.6 Å². The van der Waals surface area contributed by atoms with E-state index in [4.69, 9.17) is 9.73 Å². The zero-order valence-electron chi connectivity index (χ0n) is 18.9. The molecule has 2 N–H and O–H groups in total. The van der Waals surface area contributed by atoms with Crippen molar-refractivity contribution >= 4 is 5.96 Å². The molecule has 4 heterocycles. The van der Waals surface area contributed by atoms with E-state index in [9.17, 15) is 4.39 Å². The van der Waals surface area contributed by atoms with E-state index < -0.39 is 0 Å². The number of hydrogen-bond acceptors (Lipinski definition) is 5. The Bertz CT molecular complexity index is 744. The van der Waals surface area contributed by atoms with E-state index in [1.807, 2.05) is 6.07 Å². The third-order valence-electron chi connectivity index (χ3n) is 6.75. The van der Waals surface area contributed by atoms with E-state index in [0.29, 0.717) is 17.8 Å². The molecule has 4 fully saturated rings. The van der Waals surface area contributed by atoms with E-state index >= 15 is 0 Å². The number of nitrogens with zero attached hydrogens (tertiary/aromatic N) is 4. The summed E-state index contributed by atoms with van der Waals surface area (Å²) in [7, 11) is 1.50. The molecule has 0 aliphatic carbocycles. The minimum atomic E-state index is -0.289. The van der Waals surface area contributed by atoms with Gasteiger partial charge in [0.1, 0.15) is 0 Å². The summed E-state index contributed by atoms with van der Waals surface area (Å²) in [5.41, 5.74) is 0.993. The molecule has 2 bridgehead atoms. The monoisotopic (exact) mass is 432 g/mol. The lowest BCUT2D eigenvalue weighted by Crippen LogP contribution is -2.62. The van der Waals surface area contributed by atoms with Gasteiger partial charge in [-0.2, -0.15) is 0 Å². The molecule has 1 aromatic rings. The van der Waals surface area contributed by atoms with Crippen LogP contribution in [0.5, 0.6) is 5.75 Å². The Morgan fingerprint density at radius 1 is 1.16 bits per heavy atom. The summed E-state index contributed by atoms with van der Waals surface area (Å²) in [6.45, 7) is 12.5. The first-order chi connectivity index (χ1) is 15.1. The first kappa shape index (κ1) is 22.3. The largest absolute Gasteiger partial charge is 0.494 e. The first-order valence-electron chi connectivity index (χ1n) is 11.7. The van der Waals surface area contributed by atoms with Gasteiger partial charge in [0.25, 0.3) is 0 Å².